The Hall–Kier alpha value is -3.35. The van der Waals surface area contributed by atoms with Crippen molar-refractivity contribution in [2.24, 2.45) is 0 Å². The van der Waals surface area contributed by atoms with E-state index in [1.807, 2.05) is 0 Å². The Morgan fingerprint density at radius 2 is 2.21 bits per heavy atom. The first kappa shape index (κ1) is 15.5. The van der Waals surface area contributed by atoms with E-state index in [0.717, 1.165) is 0 Å². The van der Waals surface area contributed by atoms with Crippen LogP contribution in [-0.2, 0) is 20.9 Å². The second-order valence-corrected chi connectivity index (χ2v) is 4.83. The molecule has 0 radical (unpaired) electrons. The van der Waals surface area contributed by atoms with Gasteiger partial charge in [-0.2, -0.15) is 0 Å². The highest BCUT2D eigenvalue weighted by Gasteiger charge is 2.13. The Balaban J connectivity index is 1.69. The van der Waals surface area contributed by atoms with Crippen LogP contribution in [0, 0.1) is 0 Å². The molecule has 0 spiro atoms. The molecule has 0 aliphatic rings. The summed E-state index contributed by atoms with van der Waals surface area (Å²) >= 11 is 0. The molecule has 0 aliphatic carbocycles. The van der Waals surface area contributed by atoms with Crippen LogP contribution in [0.4, 0.5) is 0 Å². The molecule has 0 fully saturated rings. The molecule has 3 aromatic heterocycles. The van der Waals surface area contributed by atoms with Gasteiger partial charge in [-0.25, -0.2) is 14.6 Å². The van der Waals surface area contributed by atoms with Crippen LogP contribution in [0.5, 0.6) is 0 Å². The fourth-order valence-electron chi connectivity index (χ4n) is 2.13. The van der Waals surface area contributed by atoms with Crippen LogP contribution in [0.2, 0.25) is 0 Å². The molecule has 0 amide bonds. The lowest BCUT2D eigenvalue weighted by atomic mass is 10.3. The molecule has 3 aromatic rings. The van der Waals surface area contributed by atoms with Crippen LogP contribution in [0.3, 0.4) is 0 Å². The maximum atomic E-state index is 11.7. The lowest BCUT2D eigenvalue weighted by molar-refractivity contribution is -0.139. The van der Waals surface area contributed by atoms with Crippen molar-refractivity contribution in [3.63, 3.8) is 0 Å². The summed E-state index contributed by atoms with van der Waals surface area (Å²) in [6, 6.07) is 6.78. The lowest BCUT2D eigenvalue weighted by Gasteiger charge is -2.00. The number of esters is 2. The zero-order valence-electron chi connectivity index (χ0n) is 12.8. The summed E-state index contributed by atoms with van der Waals surface area (Å²) < 4.78 is 16.6. The van der Waals surface area contributed by atoms with Gasteiger partial charge in [0.25, 0.3) is 0 Å². The fourth-order valence-corrected chi connectivity index (χ4v) is 2.13. The van der Waals surface area contributed by atoms with Gasteiger partial charge in [0.2, 0.25) is 0 Å². The topological polar surface area (TPSA) is 83.0 Å². The molecule has 0 N–H and O–H groups in total. The number of fused-ring (bicyclic) bond motifs is 1. The second kappa shape index (κ2) is 6.82. The first-order valence-electron chi connectivity index (χ1n) is 7.10. The van der Waals surface area contributed by atoms with Gasteiger partial charge in [-0.15, -0.1) is 0 Å². The molecule has 122 valence electrons. The van der Waals surface area contributed by atoms with Gasteiger partial charge in [-0.05, 0) is 30.3 Å². The van der Waals surface area contributed by atoms with Crippen molar-refractivity contribution in [2.75, 3.05) is 7.11 Å². The van der Waals surface area contributed by atoms with E-state index in [1.165, 1.54) is 25.5 Å². The lowest BCUT2D eigenvalue weighted by Crippen LogP contribution is -2.04. The molecular formula is C17H14N2O5. The number of carbonyl (C=O) groups is 2. The van der Waals surface area contributed by atoms with Crippen LogP contribution in [0.25, 0.3) is 11.7 Å². The molecule has 0 aliphatic heterocycles. The monoisotopic (exact) mass is 326 g/mol. The van der Waals surface area contributed by atoms with Crippen molar-refractivity contribution in [1.82, 2.24) is 9.38 Å². The van der Waals surface area contributed by atoms with Gasteiger partial charge in [-0.3, -0.25) is 0 Å². The van der Waals surface area contributed by atoms with Crippen molar-refractivity contribution in [1.29, 1.82) is 0 Å². The number of ether oxygens (including phenoxy) is 2. The third kappa shape index (κ3) is 3.35. The number of hydrogen-bond acceptors (Lipinski definition) is 6. The summed E-state index contributed by atoms with van der Waals surface area (Å²) in [5, 5.41) is 0. The van der Waals surface area contributed by atoms with Crippen molar-refractivity contribution in [3.8, 4) is 0 Å². The summed E-state index contributed by atoms with van der Waals surface area (Å²) in [5.74, 6) is -0.435. The van der Waals surface area contributed by atoms with E-state index in [4.69, 9.17) is 13.9 Å². The summed E-state index contributed by atoms with van der Waals surface area (Å²) in [5.41, 5.74) is 1.31. The van der Waals surface area contributed by atoms with Crippen LogP contribution in [-0.4, -0.2) is 28.4 Å². The van der Waals surface area contributed by atoms with Crippen molar-refractivity contribution >= 4 is 23.7 Å². The van der Waals surface area contributed by atoms with E-state index in [9.17, 15) is 9.59 Å². The summed E-state index contributed by atoms with van der Waals surface area (Å²) in [7, 11) is 1.31. The minimum Gasteiger partial charge on any atom is -0.465 e. The first-order valence-corrected chi connectivity index (χ1v) is 7.10. The number of rotatable bonds is 5. The highest BCUT2D eigenvalue weighted by molar-refractivity contribution is 5.95. The number of nitrogens with zero attached hydrogens (tertiary/aromatic N) is 2. The molecule has 0 atom stereocenters. The van der Waals surface area contributed by atoms with Crippen LogP contribution in [0.15, 0.2) is 53.4 Å². The van der Waals surface area contributed by atoms with Crippen LogP contribution in [0.1, 0.15) is 21.8 Å². The highest BCUT2D eigenvalue weighted by atomic mass is 16.5. The van der Waals surface area contributed by atoms with Gasteiger partial charge < -0.3 is 18.3 Å². The quantitative estimate of drug-likeness (QED) is 0.529. The molecule has 0 aromatic carbocycles. The van der Waals surface area contributed by atoms with E-state index >= 15 is 0 Å². The van der Waals surface area contributed by atoms with Gasteiger partial charge in [0.05, 0.1) is 19.1 Å². The second-order valence-electron chi connectivity index (χ2n) is 4.83. The molecule has 0 saturated heterocycles. The van der Waals surface area contributed by atoms with E-state index in [2.05, 4.69) is 4.98 Å². The maximum absolute atomic E-state index is 11.7. The van der Waals surface area contributed by atoms with Crippen molar-refractivity contribution < 1.29 is 23.5 Å². The molecule has 0 bridgehead atoms. The Labute approximate surface area is 137 Å². The molecule has 7 heteroatoms. The van der Waals surface area contributed by atoms with Crippen LogP contribution >= 0.6 is 0 Å². The smallest absolute Gasteiger partial charge is 0.341 e. The minimum absolute atomic E-state index is 0.0103. The van der Waals surface area contributed by atoms with Gasteiger partial charge in [0.15, 0.2) is 5.65 Å². The molecule has 0 saturated carbocycles. The fraction of sp³-hybridized carbons (Fsp3) is 0.118. The van der Waals surface area contributed by atoms with Gasteiger partial charge in [0, 0.05) is 18.5 Å². The third-order valence-electron chi connectivity index (χ3n) is 3.23. The SMILES string of the molecule is COC(=O)c1cccn2cc(COC(=O)/C=C\c3ccco3)nc12. The summed E-state index contributed by atoms with van der Waals surface area (Å²) in [4.78, 5) is 27.7. The Kier molecular flexibility index (Phi) is 4.42. The zero-order valence-corrected chi connectivity index (χ0v) is 12.8. The number of hydrogen-bond donors (Lipinski definition) is 0. The normalized spacial score (nSPS) is 11.0. The zero-order chi connectivity index (χ0) is 16.9. The average molecular weight is 326 g/mol. The van der Waals surface area contributed by atoms with E-state index < -0.39 is 11.9 Å². The number of imidazole rings is 1. The standard InChI is InChI=1S/C17H14N2O5/c1-22-17(21)14-5-2-8-19-10-12(18-16(14)19)11-24-15(20)7-6-13-4-3-9-23-13/h2-10H,11H2,1H3/b7-6-. The number of furan rings is 1. The molecule has 7 nitrogen and oxygen atoms in total. The first-order chi connectivity index (χ1) is 11.7. The highest BCUT2D eigenvalue weighted by Crippen LogP contribution is 2.13. The predicted octanol–water partition coefficient (Wildman–Crippen LogP) is 2.47. The number of methoxy groups -OCH3 is 1. The third-order valence-corrected chi connectivity index (χ3v) is 3.23. The summed E-state index contributed by atoms with van der Waals surface area (Å²) in [6.45, 7) is -0.0103. The van der Waals surface area contributed by atoms with Crippen molar-refractivity contribution in [2.45, 2.75) is 6.61 Å². The van der Waals surface area contributed by atoms with Gasteiger partial charge >= 0.3 is 11.9 Å². The Morgan fingerprint density at radius 3 is 2.96 bits per heavy atom. The largest absolute Gasteiger partial charge is 0.465 e. The predicted molar refractivity (Wildman–Crippen MR) is 84.1 cm³/mol. The number of pyridine rings is 1. The summed E-state index contributed by atoms with van der Waals surface area (Å²) in [6.07, 6.45) is 7.73. The molecule has 3 heterocycles. The molecule has 3 rings (SSSR count). The Morgan fingerprint density at radius 1 is 1.33 bits per heavy atom. The molecule has 24 heavy (non-hydrogen) atoms. The molecular weight excluding hydrogens is 312 g/mol. The number of carbonyl (C=O) groups excluding carboxylic acids is 2. The maximum Gasteiger partial charge on any atom is 0.341 e. The van der Waals surface area contributed by atoms with E-state index in [1.54, 1.807) is 41.1 Å². The molecule has 0 unspecified atom stereocenters. The van der Waals surface area contributed by atoms with E-state index in [0.29, 0.717) is 22.7 Å². The van der Waals surface area contributed by atoms with Gasteiger partial charge in [0.1, 0.15) is 17.9 Å². The van der Waals surface area contributed by atoms with Gasteiger partial charge in [-0.1, -0.05) is 0 Å². The van der Waals surface area contributed by atoms with Crippen molar-refractivity contribution in [3.05, 3.63) is 66.0 Å². The Bertz CT molecular complexity index is 893. The van der Waals surface area contributed by atoms with E-state index in [-0.39, 0.29) is 6.61 Å². The number of aromatic nitrogens is 2. The average Bonchev–Trinajstić information content (AvgIpc) is 3.25. The van der Waals surface area contributed by atoms with Crippen LogP contribution < -0.4 is 0 Å². The minimum atomic E-state index is -0.517.